The smallest absolute Gasteiger partial charge is 0.130 e. The van der Waals surface area contributed by atoms with E-state index < -0.39 is 11.6 Å². The highest BCUT2D eigenvalue weighted by atomic mass is 32.2. The molecule has 0 bridgehead atoms. The van der Waals surface area contributed by atoms with Gasteiger partial charge in [0.2, 0.25) is 0 Å². The van der Waals surface area contributed by atoms with Crippen molar-refractivity contribution in [2.24, 2.45) is 0 Å². The first-order valence-corrected chi connectivity index (χ1v) is 5.02. The molecule has 0 aromatic heterocycles. The number of benzene rings is 1. The van der Waals surface area contributed by atoms with Gasteiger partial charge in [-0.3, -0.25) is 0 Å². The van der Waals surface area contributed by atoms with Crippen molar-refractivity contribution in [3.8, 4) is 0 Å². The number of aliphatic hydroxyl groups excluding tert-OH is 1. The van der Waals surface area contributed by atoms with Crippen LogP contribution >= 0.6 is 11.8 Å². The average molecular weight is 204 g/mol. The molecule has 1 nitrogen and oxygen atoms in total. The summed E-state index contributed by atoms with van der Waals surface area (Å²) in [5.74, 6) is -0.289. The van der Waals surface area contributed by atoms with Crippen LogP contribution in [0.2, 0.25) is 0 Å². The maximum absolute atomic E-state index is 13.0. The van der Waals surface area contributed by atoms with E-state index in [9.17, 15) is 8.78 Å². The van der Waals surface area contributed by atoms with Crippen LogP contribution in [-0.4, -0.2) is 17.5 Å². The summed E-state index contributed by atoms with van der Waals surface area (Å²) in [5.41, 5.74) is 0.0842. The number of hydrogen-bond donors (Lipinski definition) is 1. The molecule has 0 saturated heterocycles. The van der Waals surface area contributed by atoms with E-state index in [1.54, 1.807) is 0 Å². The van der Waals surface area contributed by atoms with E-state index in [1.165, 1.54) is 30.0 Å². The normalized spacial score (nSPS) is 10.4. The molecular formula is C9H10F2OS. The molecule has 0 fully saturated rings. The quantitative estimate of drug-likeness (QED) is 0.759. The molecule has 4 heteroatoms. The lowest BCUT2D eigenvalue weighted by Gasteiger charge is -2.03. The molecule has 0 aliphatic carbocycles. The summed E-state index contributed by atoms with van der Waals surface area (Å²) >= 11 is 1.30. The second-order valence-electron chi connectivity index (χ2n) is 2.48. The third kappa shape index (κ3) is 2.97. The van der Waals surface area contributed by atoms with Crippen LogP contribution in [-0.2, 0) is 5.75 Å². The maximum atomic E-state index is 13.0. The minimum Gasteiger partial charge on any atom is -0.396 e. The summed E-state index contributed by atoms with van der Waals surface area (Å²) in [6, 6.07) is 3.81. The van der Waals surface area contributed by atoms with E-state index in [0.29, 0.717) is 5.75 Å². The predicted molar refractivity (Wildman–Crippen MR) is 49.6 cm³/mol. The zero-order chi connectivity index (χ0) is 9.68. The maximum Gasteiger partial charge on any atom is 0.130 e. The second-order valence-corrected chi connectivity index (χ2v) is 3.58. The minimum atomic E-state index is -0.523. The lowest BCUT2D eigenvalue weighted by atomic mass is 10.2. The molecule has 1 aromatic rings. The standard InChI is InChI=1S/C9H10F2OS/c10-8-2-1-3-9(11)7(8)6-13-5-4-12/h1-3,12H,4-6H2. The number of aliphatic hydroxyl groups is 1. The van der Waals surface area contributed by atoms with Gasteiger partial charge < -0.3 is 5.11 Å². The SMILES string of the molecule is OCCSCc1c(F)cccc1F. The molecule has 0 spiro atoms. The zero-order valence-electron chi connectivity index (χ0n) is 6.96. The summed E-state index contributed by atoms with van der Waals surface area (Å²) < 4.78 is 25.9. The van der Waals surface area contributed by atoms with E-state index in [4.69, 9.17) is 5.11 Å². The fourth-order valence-electron chi connectivity index (χ4n) is 0.909. The van der Waals surface area contributed by atoms with Gasteiger partial charge in [0, 0.05) is 17.1 Å². The first-order chi connectivity index (χ1) is 6.25. The molecular weight excluding hydrogens is 194 g/mol. The monoisotopic (exact) mass is 204 g/mol. The number of halogens is 2. The van der Waals surface area contributed by atoms with Crippen molar-refractivity contribution in [2.75, 3.05) is 12.4 Å². The number of hydrogen-bond acceptors (Lipinski definition) is 2. The van der Waals surface area contributed by atoms with E-state index in [1.807, 2.05) is 0 Å². The van der Waals surface area contributed by atoms with Crippen LogP contribution in [0.3, 0.4) is 0 Å². The van der Waals surface area contributed by atoms with Gasteiger partial charge in [-0.15, -0.1) is 0 Å². The Bertz CT molecular complexity index is 258. The van der Waals surface area contributed by atoms with Gasteiger partial charge in [-0.2, -0.15) is 11.8 Å². The molecule has 0 radical (unpaired) electrons. The molecule has 0 aliphatic rings. The van der Waals surface area contributed by atoms with Crippen LogP contribution in [0.25, 0.3) is 0 Å². The van der Waals surface area contributed by atoms with Crippen molar-refractivity contribution >= 4 is 11.8 Å². The Hall–Kier alpha value is -0.610. The Labute approximate surface area is 79.8 Å². The van der Waals surface area contributed by atoms with Gasteiger partial charge in [0.25, 0.3) is 0 Å². The highest BCUT2D eigenvalue weighted by Gasteiger charge is 2.07. The van der Waals surface area contributed by atoms with Crippen LogP contribution in [0.4, 0.5) is 8.78 Å². The first-order valence-electron chi connectivity index (χ1n) is 3.87. The zero-order valence-corrected chi connectivity index (χ0v) is 7.78. The van der Waals surface area contributed by atoms with Crippen molar-refractivity contribution in [3.05, 3.63) is 35.4 Å². The summed E-state index contributed by atoms with van der Waals surface area (Å²) in [4.78, 5) is 0. The molecule has 0 aliphatic heterocycles. The summed E-state index contributed by atoms with van der Waals surface area (Å²) in [6.07, 6.45) is 0. The molecule has 13 heavy (non-hydrogen) atoms. The number of thioether (sulfide) groups is 1. The highest BCUT2D eigenvalue weighted by Crippen LogP contribution is 2.18. The van der Waals surface area contributed by atoms with Gasteiger partial charge in [-0.1, -0.05) is 6.07 Å². The molecule has 0 atom stereocenters. The predicted octanol–water partition coefficient (Wildman–Crippen LogP) is 2.19. The van der Waals surface area contributed by atoms with Gasteiger partial charge >= 0.3 is 0 Å². The third-order valence-corrected chi connectivity index (χ3v) is 2.51. The van der Waals surface area contributed by atoms with Gasteiger partial charge in [-0.25, -0.2) is 8.78 Å². The van der Waals surface area contributed by atoms with E-state index in [2.05, 4.69) is 0 Å². The van der Waals surface area contributed by atoms with Crippen molar-refractivity contribution in [1.29, 1.82) is 0 Å². The van der Waals surface area contributed by atoms with Gasteiger partial charge in [0.05, 0.1) is 6.61 Å². The lowest BCUT2D eigenvalue weighted by molar-refractivity contribution is 0.322. The van der Waals surface area contributed by atoms with E-state index >= 15 is 0 Å². The molecule has 0 unspecified atom stereocenters. The Morgan fingerprint density at radius 2 is 1.85 bits per heavy atom. The summed E-state index contributed by atoms with van der Waals surface area (Å²) in [5, 5.41) is 8.47. The Balaban J connectivity index is 2.64. The number of rotatable bonds is 4. The first kappa shape index (κ1) is 10.5. The second kappa shape index (κ2) is 5.19. The fraction of sp³-hybridized carbons (Fsp3) is 0.333. The summed E-state index contributed by atoms with van der Waals surface area (Å²) in [7, 11) is 0. The lowest BCUT2D eigenvalue weighted by Crippen LogP contribution is -1.94. The minimum absolute atomic E-state index is 0.0285. The molecule has 0 heterocycles. The topological polar surface area (TPSA) is 20.2 Å². The van der Waals surface area contributed by atoms with Crippen LogP contribution < -0.4 is 0 Å². The van der Waals surface area contributed by atoms with E-state index in [0.717, 1.165) is 0 Å². The summed E-state index contributed by atoms with van der Waals surface area (Å²) in [6.45, 7) is 0.0285. The van der Waals surface area contributed by atoms with Gasteiger partial charge in [0.15, 0.2) is 0 Å². The van der Waals surface area contributed by atoms with Crippen LogP contribution in [0.5, 0.6) is 0 Å². The molecule has 1 rings (SSSR count). The van der Waals surface area contributed by atoms with Crippen molar-refractivity contribution in [2.45, 2.75) is 5.75 Å². The molecule has 1 aromatic carbocycles. The Morgan fingerprint density at radius 1 is 1.23 bits per heavy atom. The van der Waals surface area contributed by atoms with Crippen LogP contribution in [0.1, 0.15) is 5.56 Å². The molecule has 72 valence electrons. The molecule has 1 N–H and O–H groups in total. The Morgan fingerprint density at radius 3 is 2.38 bits per heavy atom. The van der Waals surface area contributed by atoms with Crippen molar-refractivity contribution in [3.63, 3.8) is 0 Å². The highest BCUT2D eigenvalue weighted by molar-refractivity contribution is 7.98. The van der Waals surface area contributed by atoms with E-state index in [-0.39, 0.29) is 17.9 Å². The van der Waals surface area contributed by atoms with Crippen LogP contribution in [0, 0.1) is 11.6 Å². The largest absolute Gasteiger partial charge is 0.396 e. The van der Waals surface area contributed by atoms with Gasteiger partial charge in [-0.05, 0) is 12.1 Å². The third-order valence-electron chi connectivity index (χ3n) is 1.54. The van der Waals surface area contributed by atoms with Gasteiger partial charge in [0.1, 0.15) is 11.6 Å². The molecule has 0 saturated carbocycles. The Kier molecular flexibility index (Phi) is 4.18. The van der Waals surface area contributed by atoms with Crippen LogP contribution in [0.15, 0.2) is 18.2 Å². The average Bonchev–Trinajstić information content (AvgIpc) is 2.10. The fourth-order valence-corrected chi connectivity index (χ4v) is 1.66. The van der Waals surface area contributed by atoms with Crippen molar-refractivity contribution < 1.29 is 13.9 Å². The molecule has 0 amide bonds. The van der Waals surface area contributed by atoms with Crippen molar-refractivity contribution in [1.82, 2.24) is 0 Å².